The highest BCUT2D eigenvalue weighted by molar-refractivity contribution is 4.99. The second-order valence-corrected chi connectivity index (χ2v) is 4.59. The van der Waals surface area contributed by atoms with E-state index in [1.807, 2.05) is 20.8 Å². The molecule has 4 atom stereocenters. The normalized spacial score (nSPS) is 36.5. The largest absolute Gasteiger partial charge is 0.391 e. The van der Waals surface area contributed by atoms with Gasteiger partial charge in [0.2, 0.25) is 0 Å². The van der Waals surface area contributed by atoms with Gasteiger partial charge in [-0.3, -0.25) is 0 Å². The topological polar surface area (TPSA) is 0 Å². The molecule has 1 aliphatic rings. The monoisotopic (exact) mass is 194 g/mol. The first-order chi connectivity index (χ1) is 5.76. The van der Waals surface area contributed by atoms with Crippen molar-refractivity contribution < 1.29 is 13.2 Å². The van der Waals surface area contributed by atoms with Gasteiger partial charge in [-0.1, -0.05) is 27.7 Å². The molecule has 1 aliphatic carbocycles. The SMILES string of the molecule is CC(C)C1C(C)C1C(C)C(F)(F)F. The van der Waals surface area contributed by atoms with Gasteiger partial charge in [-0.25, -0.2) is 0 Å². The minimum Gasteiger partial charge on any atom is -0.171 e. The lowest BCUT2D eigenvalue weighted by atomic mass is 9.99. The van der Waals surface area contributed by atoms with Crippen molar-refractivity contribution in [1.29, 1.82) is 0 Å². The lowest BCUT2D eigenvalue weighted by Gasteiger charge is -2.16. The van der Waals surface area contributed by atoms with Crippen LogP contribution in [0.1, 0.15) is 27.7 Å². The Morgan fingerprint density at radius 1 is 1.00 bits per heavy atom. The molecule has 0 aromatic rings. The van der Waals surface area contributed by atoms with E-state index in [2.05, 4.69) is 0 Å². The smallest absolute Gasteiger partial charge is 0.171 e. The summed E-state index contributed by atoms with van der Waals surface area (Å²) in [6, 6.07) is 0. The number of rotatable bonds is 2. The van der Waals surface area contributed by atoms with Crippen LogP contribution in [0.3, 0.4) is 0 Å². The zero-order valence-corrected chi connectivity index (χ0v) is 8.52. The maximum absolute atomic E-state index is 12.3. The predicted molar refractivity (Wildman–Crippen MR) is 46.2 cm³/mol. The van der Waals surface area contributed by atoms with E-state index >= 15 is 0 Å². The molecule has 0 radical (unpaired) electrons. The van der Waals surface area contributed by atoms with Gasteiger partial charge in [0, 0.05) is 0 Å². The summed E-state index contributed by atoms with van der Waals surface area (Å²) in [6.07, 6.45) is -4.01. The third-order valence-corrected chi connectivity index (χ3v) is 3.38. The van der Waals surface area contributed by atoms with Gasteiger partial charge in [0.1, 0.15) is 0 Å². The summed E-state index contributed by atoms with van der Waals surface area (Å²) in [5, 5.41) is 0. The summed E-state index contributed by atoms with van der Waals surface area (Å²) >= 11 is 0. The van der Waals surface area contributed by atoms with Crippen molar-refractivity contribution in [1.82, 2.24) is 0 Å². The molecule has 78 valence electrons. The van der Waals surface area contributed by atoms with E-state index in [1.54, 1.807) is 0 Å². The Kier molecular flexibility index (Phi) is 2.65. The average molecular weight is 194 g/mol. The highest BCUT2D eigenvalue weighted by atomic mass is 19.4. The van der Waals surface area contributed by atoms with Crippen LogP contribution >= 0.6 is 0 Å². The van der Waals surface area contributed by atoms with Crippen molar-refractivity contribution in [2.75, 3.05) is 0 Å². The number of halogens is 3. The summed E-state index contributed by atoms with van der Waals surface area (Å²) in [4.78, 5) is 0. The van der Waals surface area contributed by atoms with Crippen molar-refractivity contribution in [3.63, 3.8) is 0 Å². The van der Waals surface area contributed by atoms with Gasteiger partial charge >= 0.3 is 6.18 Å². The number of hydrogen-bond acceptors (Lipinski definition) is 0. The fourth-order valence-corrected chi connectivity index (χ4v) is 2.58. The van der Waals surface area contributed by atoms with E-state index in [1.165, 1.54) is 6.92 Å². The van der Waals surface area contributed by atoms with E-state index in [9.17, 15) is 13.2 Å². The standard InChI is InChI=1S/C10H17F3/c1-5(2)8-6(3)9(8)7(4)10(11,12)13/h5-9H,1-4H3. The van der Waals surface area contributed by atoms with E-state index in [-0.39, 0.29) is 17.8 Å². The van der Waals surface area contributed by atoms with Gasteiger partial charge in [-0.15, -0.1) is 0 Å². The summed E-state index contributed by atoms with van der Waals surface area (Å²) in [5.41, 5.74) is 0. The van der Waals surface area contributed by atoms with Gasteiger partial charge in [-0.05, 0) is 23.7 Å². The number of alkyl halides is 3. The Morgan fingerprint density at radius 3 is 1.69 bits per heavy atom. The quantitative estimate of drug-likeness (QED) is 0.628. The van der Waals surface area contributed by atoms with E-state index in [0.29, 0.717) is 5.92 Å². The van der Waals surface area contributed by atoms with Crippen LogP contribution in [-0.2, 0) is 0 Å². The highest BCUT2D eigenvalue weighted by Crippen LogP contribution is 2.57. The molecular formula is C10H17F3. The molecule has 13 heavy (non-hydrogen) atoms. The summed E-state index contributed by atoms with van der Waals surface area (Å²) < 4.78 is 37.0. The first-order valence-corrected chi connectivity index (χ1v) is 4.83. The third kappa shape index (κ3) is 2.00. The van der Waals surface area contributed by atoms with Gasteiger partial charge < -0.3 is 0 Å². The lowest BCUT2D eigenvalue weighted by Crippen LogP contribution is -2.23. The molecule has 3 heteroatoms. The molecule has 1 rings (SSSR count). The molecule has 0 bridgehead atoms. The van der Waals surface area contributed by atoms with Crippen molar-refractivity contribution >= 4 is 0 Å². The molecule has 0 nitrogen and oxygen atoms in total. The van der Waals surface area contributed by atoms with Gasteiger partial charge in [0.15, 0.2) is 0 Å². The molecule has 0 heterocycles. The Balaban J connectivity index is 2.57. The second-order valence-electron chi connectivity index (χ2n) is 4.59. The molecule has 0 aliphatic heterocycles. The third-order valence-electron chi connectivity index (χ3n) is 3.38. The fourth-order valence-electron chi connectivity index (χ4n) is 2.58. The van der Waals surface area contributed by atoms with Crippen molar-refractivity contribution in [2.45, 2.75) is 33.9 Å². The first kappa shape index (κ1) is 10.9. The maximum Gasteiger partial charge on any atom is 0.391 e. The zero-order valence-electron chi connectivity index (χ0n) is 8.52. The Morgan fingerprint density at radius 2 is 1.46 bits per heavy atom. The molecule has 0 aromatic heterocycles. The van der Waals surface area contributed by atoms with Crippen LogP contribution in [-0.4, -0.2) is 6.18 Å². The summed E-state index contributed by atoms with van der Waals surface area (Å²) in [5.74, 6) is -0.368. The van der Waals surface area contributed by atoms with Crippen LogP contribution in [0.5, 0.6) is 0 Å². The molecule has 4 unspecified atom stereocenters. The van der Waals surface area contributed by atoms with Gasteiger partial charge in [0.25, 0.3) is 0 Å². The minimum atomic E-state index is -4.01. The van der Waals surface area contributed by atoms with Crippen LogP contribution in [0.15, 0.2) is 0 Å². The molecule has 0 spiro atoms. The molecule has 1 fully saturated rings. The second kappa shape index (κ2) is 3.18. The lowest BCUT2D eigenvalue weighted by molar-refractivity contribution is -0.177. The summed E-state index contributed by atoms with van der Waals surface area (Å²) in [6.45, 7) is 7.25. The average Bonchev–Trinajstić information content (AvgIpc) is 2.57. The Hall–Kier alpha value is -0.210. The molecule has 0 N–H and O–H groups in total. The van der Waals surface area contributed by atoms with E-state index < -0.39 is 12.1 Å². The number of hydrogen-bond donors (Lipinski definition) is 0. The molecule has 0 amide bonds. The Bertz CT molecular complexity index is 183. The molecule has 0 aromatic carbocycles. The predicted octanol–water partition coefficient (Wildman–Crippen LogP) is 3.72. The Labute approximate surface area is 77.5 Å². The fraction of sp³-hybridized carbons (Fsp3) is 1.00. The first-order valence-electron chi connectivity index (χ1n) is 4.83. The van der Waals surface area contributed by atoms with Crippen LogP contribution < -0.4 is 0 Å². The van der Waals surface area contributed by atoms with E-state index in [0.717, 1.165) is 0 Å². The van der Waals surface area contributed by atoms with Crippen molar-refractivity contribution in [3.05, 3.63) is 0 Å². The van der Waals surface area contributed by atoms with Crippen molar-refractivity contribution in [2.24, 2.45) is 29.6 Å². The van der Waals surface area contributed by atoms with Crippen LogP contribution in [0.25, 0.3) is 0 Å². The van der Waals surface area contributed by atoms with Crippen molar-refractivity contribution in [3.8, 4) is 0 Å². The maximum atomic E-state index is 12.3. The molecule has 0 saturated heterocycles. The minimum absolute atomic E-state index is 0.139. The molecular weight excluding hydrogens is 177 g/mol. The highest BCUT2D eigenvalue weighted by Gasteiger charge is 2.57. The van der Waals surface area contributed by atoms with Gasteiger partial charge in [-0.2, -0.15) is 13.2 Å². The zero-order chi connectivity index (χ0) is 10.4. The van der Waals surface area contributed by atoms with Gasteiger partial charge in [0.05, 0.1) is 5.92 Å². The van der Waals surface area contributed by atoms with E-state index in [4.69, 9.17) is 0 Å². The van der Waals surface area contributed by atoms with Crippen LogP contribution in [0.4, 0.5) is 13.2 Å². The van der Waals surface area contributed by atoms with Crippen LogP contribution in [0.2, 0.25) is 0 Å². The molecule has 1 saturated carbocycles. The van der Waals surface area contributed by atoms with Crippen LogP contribution in [0, 0.1) is 29.6 Å². The summed E-state index contributed by atoms with van der Waals surface area (Å²) in [7, 11) is 0.